The van der Waals surface area contributed by atoms with E-state index >= 15 is 0 Å². The van der Waals surface area contributed by atoms with Crippen LogP contribution in [-0.4, -0.2) is 35.1 Å². The Kier molecular flexibility index (Phi) is 9.73. The van der Waals surface area contributed by atoms with Crippen LogP contribution < -0.4 is 5.32 Å². The molecule has 0 fully saturated rings. The van der Waals surface area contributed by atoms with E-state index < -0.39 is 6.04 Å². The van der Waals surface area contributed by atoms with Gasteiger partial charge < -0.3 is 10.2 Å². The number of nitrogens with zero attached hydrogens (tertiary/aromatic N) is 1. The minimum atomic E-state index is -0.550. The first-order valence-corrected chi connectivity index (χ1v) is 11.7. The third-order valence-corrected chi connectivity index (χ3v) is 5.94. The van der Waals surface area contributed by atoms with Gasteiger partial charge in [0.25, 0.3) is 0 Å². The van der Waals surface area contributed by atoms with Crippen LogP contribution in [0.3, 0.4) is 0 Å². The van der Waals surface area contributed by atoms with Crippen LogP contribution in [0.4, 0.5) is 0 Å². The molecule has 1 N–H and O–H groups in total. The van der Waals surface area contributed by atoms with Crippen molar-refractivity contribution in [3.63, 3.8) is 0 Å². The van der Waals surface area contributed by atoms with Crippen LogP contribution in [-0.2, 0) is 21.9 Å². The lowest BCUT2D eigenvalue weighted by atomic mass is 10.1. The van der Waals surface area contributed by atoms with Gasteiger partial charge in [0.2, 0.25) is 11.8 Å². The summed E-state index contributed by atoms with van der Waals surface area (Å²) in [6, 6.07) is 15.1. The molecule has 0 aliphatic carbocycles. The van der Waals surface area contributed by atoms with Gasteiger partial charge in [-0.2, -0.15) is 0 Å². The molecule has 0 heterocycles. The van der Waals surface area contributed by atoms with Crippen molar-refractivity contribution in [2.24, 2.45) is 5.92 Å². The number of rotatable bonds is 10. The molecule has 0 radical (unpaired) electrons. The van der Waals surface area contributed by atoms with Gasteiger partial charge >= 0.3 is 0 Å². The molecule has 2 amide bonds. The Balaban J connectivity index is 2.05. The lowest BCUT2D eigenvalue weighted by Gasteiger charge is -2.29. The number of amides is 2. The van der Waals surface area contributed by atoms with Gasteiger partial charge in [0.1, 0.15) is 6.04 Å². The molecule has 30 heavy (non-hydrogen) atoms. The molecule has 0 unspecified atom stereocenters. The van der Waals surface area contributed by atoms with Crippen LogP contribution in [0.5, 0.6) is 0 Å². The number of carbonyl (C=O) groups excluding carboxylic acids is 2. The molecule has 4 nitrogen and oxygen atoms in total. The van der Waals surface area contributed by atoms with Crippen molar-refractivity contribution in [3.8, 4) is 0 Å². The summed E-state index contributed by atoms with van der Waals surface area (Å²) < 4.78 is 0. The van der Waals surface area contributed by atoms with Crippen molar-refractivity contribution >= 4 is 35.2 Å². The van der Waals surface area contributed by atoms with Crippen LogP contribution in [0.1, 0.15) is 37.5 Å². The molecule has 0 saturated heterocycles. The molecular weight excluding hydrogens is 416 g/mol. The van der Waals surface area contributed by atoms with E-state index in [-0.39, 0.29) is 11.8 Å². The normalized spacial score (nSPS) is 11.9. The summed E-state index contributed by atoms with van der Waals surface area (Å²) in [5, 5.41) is 3.59. The highest BCUT2D eigenvalue weighted by Gasteiger charge is 2.26. The van der Waals surface area contributed by atoms with E-state index in [2.05, 4.69) is 30.4 Å². The summed E-state index contributed by atoms with van der Waals surface area (Å²) in [6.45, 7) is 8.90. The summed E-state index contributed by atoms with van der Waals surface area (Å²) in [4.78, 5) is 27.3. The van der Waals surface area contributed by atoms with E-state index in [1.807, 2.05) is 32.0 Å². The zero-order chi connectivity index (χ0) is 22.1. The summed E-state index contributed by atoms with van der Waals surface area (Å²) >= 11 is 7.55. The molecule has 0 aliphatic heterocycles. The predicted molar refractivity (Wildman–Crippen MR) is 127 cm³/mol. The van der Waals surface area contributed by atoms with Gasteiger partial charge in [0.05, 0.1) is 5.75 Å². The molecule has 0 saturated carbocycles. The Morgan fingerprint density at radius 1 is 1.07 bits per heavy atom. The number of thioether (sulfide) groups is 1. The molecule has 0 aliphatic rings. The van der Waals surface area contributed by atoms with E-state index in [9.17, 15) is 9.59 Å². The van der Waals surface area contributed by atoms with Crippen LogP contribution in [0.25, 0.3) is 0 Å². The Hall–Kier alpha value is -1.98. The number of nitrogens with one attached hydrogen (secondary N) is 1. The van der Waals surface area contributed by atoms with Gasteiger partial charge in [0.15, 0.2) is 0 Å². The first-order valence-electron chi connectivity index (χ1n) is 10.2. The smallest absolute Gasteiger partial charge is 0.242 e. The number of hydrogen-bond donors (Lipinski definition) is 1. The number of benzene rings is 2. The molecule has 0 spiro atoms. The quantitative estimate of drug-likeness (QED) is 0.554. The van der Waals surface area contributed by atoms with Crippen LogP contribution in [0, 0.1) is 12.8 Å². The fourth-order valence-corrected chi connectivity index (χ4v) is 3.95. The fourth-order valence-electron chi connectivity index (χ4n) is 2.96. The van der Waals surface area contributed by atoms with E-state index in [0.29, 0.717) is 29.8 Å². The largest absolute Gasteiger partial charge is 0.354 e. The van der Waals surface area contributed by atoms with E-state index in [4.69, 9.17) is 11.6 Å². The molecule has 6 heteroatoms. The lowest BCUT2D eigenvalue weighted by molar-refractivity contribution is -0.138. The molecule has 1 atom stereocenters. The average molecular weight is 447 g/mol. The van der Waals surface area contributed by atoms with Crippen LogP contribution >= 0.6 is 23.4 Å². The molecule has 0 bridgehead atoms. The van der Waals surface area contributed by atoms with Crippen molar-refractivity contribution in [2.75, 3.05) is 12.3 Å². The van der Waals surface area contributed by atoms with Crippen molar-refractivity contribution in [1.29, 1.82) is 0 Å². The van der Waals surface area contributed by atoms with Crippen molar-refractivity contribution < 1.29 is 9.59 Å². The topological polar surface area (TPSA) is 49.4 Å². The highest BCUT2D eigenvalue weighted by molar-refractivity contribution is 7.99. The third kappa shape index (κ3) is 8.04. The monoisotopic (exact) mass is 446 g/mol. The number of carbonyl (C=O) groups is 2. The van der Waals surface area contributed by atoms with Crippen molar-refractivity contribution in [3.05, 3.63) is 70.2 Å². The second-order valence-corrected chi connectivity index (χ2v) is 9.37. The van der Waals surface area contributed by atoms with Gasteiger partial charge in [-0.25, -0.2) is 0 Å². The summed E-state index contributed by atoms with van der Waals surface area (Å²) in [5.74, 6) is 1.26. The Morgan fingerprint density at radius 2 is 1.77 bits per heavy atom. The number of halogens is 1. The van der Waals surface area contributed by atoms with E-state index in [0.717, 1.165) is 11.3 Å². The summed E-state index contributed by atoms with van der Waals surface area (Å²) in [5.41, 5.74) is 3.35. The van der Waals surface area contributed by atoms with Crippen LogP contribution in [0.2, 0.25) is 5.02 Å². The van der Waals surface area contributed by atoms with Crippen molar-refractivity contribution in [2.45, 2.75) is 46.0 Å². The summed E-state index contributed by atoms with van der Waals surface area (Å²) in [6.07, 6.45) is 0. The average Bonchev–Trinajstić information content (AvgIpc) is 2.71. The van der Waals surface area contributed by atoms with Crippen molar-refractivity contribution in [1.82, 2.24) is 10.2 Å². The van der Waals surface area contributed by atoms with E-state index in [1.165, 1.54) is 11.1 Å². The van der Waals surface area contributed by atoms with Gasteiger partial charge in [-0.3, -0.25) is 9.59 Å². The first-order chi connectivity index (χ1) is 14.3. The summed E-state index contributed by atoms with van der Waals surface area (Å²) in [7, 11) is 0. The predicted octanol–water partition coefficient (Wildman–Crippen LogP) is 5.07. The maximum atomic E-state index is 13.1. The number of hydrogen-bond acceptors (Lipinski definition) is 3. The maximum Gasteiger partial charge on any atom is 0.242 e. The van der Waals surface area contributed by atoms with Gasteiger partial charge in [-0.15, -0.1) is 11.8 Å². The minimum absolute atomic E-state index is 0.0465. The molecule has 2 aromatic rings. The van der Waals surface area contributed by atoms with E-state index in [1.54, 1.807) is 35.7 Å². The first kappa shape index (κ1) is 24.3. The number of aryl methyl sites for hydroxylation is 1. The highest BCUT2D eigenvalue weighted by atomic mass is 35.5. The zero-order valence-corrected chi connectivity index (χ0v) is 19.7. The van der Waals surface area contributed by atoms with Gasteiger partial charge in [0, 0.05) is 23.9 Å². The van der Waals surface area contributed by atoms with Gasteiger partial charge in [-0.1, -0.05) is 67.4 Å². The third-order valence-electron chi connectivity index (χ3n) is 4.69. The molecule has 2 rings (SSSR count). The minimum Gasteiger partial charge on any atom is -0.354 e. The molecule has 2 aromatic carbocycles. The molecule has 162 valence electrons. The second-order valence-electron chi connectivity index (χ2n) is 7.94. The molecular formula is C24H31ClN2O2S. The Labute approximate surface area is 189 Å². The highest BCUT2D eigenvalue weighted by Crippen LogP contribution is 2.18. The maximum absolute atomic E-state index is 13.1. The lowest BCUT2D eigenvalue weighted by Crippen LogP contribution is -2.48. The van der Waals surface area contributed by atoms with Crippen LogP contribution in [0.15, 0.2) is 48.5 Å². The standard InChI is InChI=1S/C24H31ClN2O2S/c1-17(2)13-26-24(29)19(4)27(14-20-8-10-22(25)11-9-20)23(28)16-30-15-21-7-5-6-18(3)12-21/h5-12,17,19H,13-16H2,1-4H3,(H,26,29)/t19-/m0/s1. The SMILES string of the molecule is Cc1cccc(CSCC(=O)N(Cc2ccc(Cl)cc2)[C@@H](C)C(=O)NCC(C)C)c1. The van der Waals surface area contributed by atoms with Gasteiger partial charge in [-0.05, 0) is 43.0 Å². The Morgan fingerprint density at radius 3 is 2.40 bits per heavy atom. The zero-order valence-electron chi connectivity index (χ0n) is 18.2. The second kappa shape index (κ2) is 12.0. The fraction of sp³-hybridized carbons (Fsp3) is 0.417. The molecule has 0 aromatic heterocycles. The Bertz CT molecular complexity index is 839.